The average molecular weight is 297 g/mol. The third kappa shape index (κ3) is 4.00. The van der Waals surface area contributed by atoms with Crippen molar-refractivity contribution in [3.8, 4) is 0 Å². The lowest BCUT2D eigenvalue weighted by Crippen LogP contribution is -2.65. The fraction of sp³-hybridized carbons (Fsp3) is 1.00. The van der Waals surface area contributed by atoms with Crippen LogP contribution in [0.2, 0.25) is 0 Å². The van der Waals surface area contributed by atoms with E-state index in [0.29, 0.717) is 23.0 Å². The molecule has 2 fully saturated rings. The van der Waals surface area contributed by atoms with Crippen LogP contribution in [-0.4, -0.2) is 39.0 Å². The first kappa shape index (κ1) is 17.2. The first-order valence-corrected chi connectivity index (χ1v) is 8.88. The molecule has 124 valence electrons. The molecule has 1 spiro atoms. The zero-order chi connectivity index (χ0) is 15.3. The molecule has 3 nitrogen and oxygen atoms in total. The fourth-order valence-corrected chi connectivity index (χ4v) is 4.22. The standard InChI is InChI=1S/C18H35NO2/c1-5-21-16-13-15(18(16)9-7-6-8-10-18)19-14-17(2,3)11-12-20-4/h15-16,19H,5-14H2,1-4H3. The Bertz CT molecular complexity index is 310. The van der Waals surface area contributed by atoms with Crippen molar-refractivity contribution in [2.45, 2.75) is 77.9 Å². The molecule has 3 heteroatoms. The van der Waals surface area contributed by atoms with Gasteiger partial charge in [0.1, 0.15) is 0 Å². The summed E-state index contributed by atoms with van der Waals surface area (Å²) in [5, 5.41) is 3.88. The third-order valence-corrected chi connectivity index (χ3v) is 5.75. The number of nitrogens with one attached hydrogen (secondary N) is 1. The van der Waals surface area contributed by atoms with Gasteiger partial charge in [-0.1, -0.05) is 33.1 Å². The predicted molar refractivity (Wildman–Crippen MR) is 87.6 cm³/mol. The first-order chi connectivity index (χ1) is 10.0. The lowest BCUT2D eigenvalue weighted by Gasteiger charge is -2.58. The molecule has 0 aromatic carbocycles. The summed E-state index contributed by atoms with van der Waals surface area (Å²) in [4.78, 5) is 0. The highest BCUT2D eigenvalue weighted by molar-refractivity contribution is 5.09. The topological polar surface area (TPSA) is 30.5 Å². The van der Waals surface area contributed by atoms with Gasteiger partial charge in [0.05, 0.1) is 6.10 Å². The highest BCUT2D eigenvalue weighted by Gasteiger charge is 2.55. The smallest absolute Gasteiger partial charge is 0.0661 e. The van der Waals surface area contributed by atoms with Crippen LogP contribution < -0.4 is 5.32 Å². The van der Waals surface area contributed by atoms with E-state index in [4.69, 9.17) is 9.47 Å². The van der Waals surface area contributed by atoms with Gasteiger partial charge in [0.15, 0.2) is 0 Å². The van der Waals surface area contributed by atoms with Gasteiger partial charge in [-0.3, -0.25) is 0 Å². The lowest BCUT2D eigenvalue weighted by atomic mass is 9.55. The summed E-state index contributed by atoms with van der Waals surface area (Å²) in [5.74, 6) is 0. The monoisotopic (exact) mass is 297 g/mol. The van der Waals surface area contributed by atoms with Crippen molar-refractivity contribution >= 4 is 0 Å². The predicted octanol–water partition coefficient (Wildman–Crippen LogP) is 3.77. The Morgan fingerprint density at radius 2 is 1.90 bits per heavy atom. The second-order valence-corrected chi connectivity index (χ2v) is 7.81. The number of hydrogen-bond acceptors (Lipinski definition) is 3. The van der Waals surface area contributed by atoms with Crippen LogP contribution in [-0.2, 0) is 9.47 Å². The summed E-state index contributed by atoms with van der Waals surface area (Å²) < 4.78 is 11.3. The fourth-order valence-electron chi connectivity index (χ4n) is 4.22. The number of rotatable bonds is 8. The van der Waals surface area contributed by atoms with Crippen LogP contribution in [0.5, 0.6) is 0 Å². The van der Waals surface area contributed by atoms with Gasteiger partial charge in [0.25, 0.3) is 0 Å². The summed E-state index contributed by atoms with van der Waals surface area (Å²) in [6, 6.07) is 0.663. The molecule has 0 bridgehead atoms. The summed E-state index contributed by atoms with van der Waals surface area (Å²) in [6.45, 7) is 9.60. The van der Waals surface area contributed by atoms with Gasteiger partial charge in [-0.05, 0) is 38.0 Å². The molecule has 0 heterocycles. The Balaban J connectivity index is 1.87. The molecular weight excluding hydrogens is 262 g/mol. The van der Waals surface area contributed by atoms with Gasteiger partial charge < -0.3 is 14.8 Å². The molecule has 2 aliphatic rings. The van der Waals surface area contributed by atoms with Crippen LogP contribution in [0.15, 0.2) is 0 Å². The lowest BCUT2D eigenvalue weighted by molar-refractivity contribution is -0.151. The Kier molecular flexibility index (Phi) is 6.10. The van der Waals surface area contributed by atoms with Crippen LogP contribution >= 0.6 is 0 Å². The highest BCUT2D eigenvalue weighted by Crippen LogP contribution is 2.53. The van der Waals surface area contributed by atoms with E-state index in [1.54, 1.807) is 7.11 Å². The van der Waals surface area contributed by atoms with Crippen LogP contribution in [0.3, 0.4) is 0 Å². The van der Waals surface area contributed by atoms with Gasteiger partial charge in [-0.15, -0.1) is 0 Å². The van der Waals surface area contributed by atoms with Crippen LogP contribution in [0, 0.1) is 10.8 Å². The molecule has 0 aliphatic heterocycles. The van der Waals surface area contributed by atoms with Crippen molar-refractivity contribution in [3.63, 3.8) is 0 Å². The summed E-state index contributed by atoms with van der Waals surface area (Å²) in [6.07, 6.45) is 9.71. The molecule has 0 radical (unpaired) electrons. The van der Waals surface area contributed by atoms with Crippen molar-refractivity contribution < 1.29 is 9.47 Å². The molecule has 2 rings (SSSR count). The van der Waals surface area contributed by atoms with Crippen LogP contribution in [0.25, 0.3) is 0 Å². The van der Waals surface area contributed by atoms with Gasteiger partial charge in [-0.25, -0.2) is 0 Å². The molecule has 2 unspecified atom stereocenters. The highest BCUT2D eigenvalue weighted by atomic mass is 16.5. The molecule has 2 saturated carbocycles. The Labute approximate surface area is 131 Å². The average Bonchev–Trinajstić information content (AvgIpc) is 2.49. The molecule has 0 aromatic heterocycles. The van der Waals surface area contributed by atoms with Crippen LogP contribution in [0.4, 0.5) is 0 Å². The van der Waals surface area contributed by atoms with Crippen molar-refractivity contribution in [2.24, 2.45) is 10.8 Å². The zero-order valence-electron chi connectivity index (χ0n) is 14.5. The molecule has 0 aromatic rings. The van der Waals surface area contributed by atoms with E-state index in [0.717, 1.165) is 26.2 Å². The second-order valence-electron chi connectivity index (χ2n) is 7.81. The largest absolute Gasteiger partial charge is 0.385 e. The van der Waals surface area contributed by atoms with Crippen molar-refractivity contribution in [1.29, 1.82) is 0 Å². The molecule has 2 atom stereocenters. The molecule has 21 heavy (non-hydrogen) atoms. The maximum Gasteiger partial charge on any atom is 0.0661 e. The van der Waals surface area contributed by atoms with Gasteiger partial charge in [0.2, 0.25) is 0 Å². The van der Waals surface area contributed by atoms with E-state index in [2.05, 4.69) is 26.1 Å². The van der Waals surface area contributed by atoms with Gasteiger partial charge >= 0.3 is 0 Å². The maximum absolute atomic E-state index is 6.04. The number of methoxy groups -OCH3 is 1. The molecule has 1 N–H and O–H groups in total. The normalized spacial score (nSPS) is 28.6. The van der Waals surface area contributed by atoms with Crippen molar-refractivity contribution in [1.82, 2.24) is 5.32 Å². The SMILES string of the molecule is CCOC1CC(NCC(C)(C)CCOC)C12CCCCC2. The molecular formula is C18H35NO2. The van der Waals surface area contributed by atoms with E-state index in [1.807, 2.05) is 0 Å². The van der Waals surface area contributed by atoms with Gasteiger partial charge in [-0.2, -0.15) is 0 Å². The Morgan fingerprint density at radius 1 is 1.19 bits per heavy atom. The minimum absolute atomic E-state index is 0.308. The van der Waals surface area contributed by atoms with E-state index < -0.39 is 0 Å². The molecule has 0 saturated heterocycles. The minimum Gasteiger partial charge on any atom is -0.385 e. The summed E-state index contributed by atoms with van der Waals surface area (Å²) in [7, 11) is 1.79. The number of ether oxygens (including phenoxy) is 2. The third-order valence-electron chi connectivity index (χ3n) is 5.75. The Morgan fingerprint density at radius 3 is 2.52 bits per heavy atom. The first-order valence-electron chi connectivity index (χ1n) is 8.88. The van der Waals surface area contributed by atoms with E-state index in [9.17, 15) is 0 Å². The van der Waals surface area contributed by atoms with Gasteiger partial charge in [0, 0.05) is 38.3 Å². The van der Waals surface area contributed by atoms with Crippen LogP contribution in [0.1, 0.15) is 65.7 Å². The quantitative estimate of drug-likeness (QED) is 0.740. The second kappa shape index (κ2) is 7.43. The molecule has 2 aliphatic carbocycles. The molecule has 0 amide bonds. The maximum atomic E-state index is 6.04. The number of hydrogen-bond donors (Lipinski definition) is 1. The minimum atomic E-state index is 0.308. The van der Waals surface area contributed by atoms with Crippen molar-refractivity contribution in [2.75, 3.05) is 26.9 Å². The Hall–Kier alpha value is -0.120. The van der Waals surface area contributed by atoms with E-state index in [-0.39, 0.29) is 0 Å². The zero-order valence-corrected chi connectivity index (χ0v) is 14.5. The van der Waals surface area contributed by atoms with Crippen molar-refractivity contribution in [3.05, 3.63) is 0 Å². The van der Waals surface area contributed by atoms with E-state index in [1.165, 1.54) is 38.5 Å². The summed E-state index contributed by atoms with van der Waals surface area (Å²) >= 11 is 0. The van der Waals surface area contributed by atoms with E-state index >= 15 is 0 Å². The summed E-state index contributed by atoms with van der Waals surface area (Å²) in [5.41, 5.74) is 0.744.